The fraction of sp³-hybridized carbons (Fsp3) is 0.917. The lowest BCUT2D eigenvalue weighted by Gasteiger charge is -2.44. The molecule has 0 spiro atoms. The van der Waals surface area contributed by atoms with Crippen LogP contribution in [0.2, 0.25) is 0 Å². The van der Waals surface area contributed by atoms with Crippen LogP contribution in [0.1, 0.15) is 0 Å². The Morgan fingerprint density at radius 3 is 0.722 bits per heavy atom. The third-order valence-electron chi connectivity index (χ3n) is 4.08. The molecule has 0 saturated heterocycles. The first kappa shape index (κ1) is 34.3. The first-order valence-corrected chi connectivity index (χ1v) is 7.38. The molecule has 0 aromatic carbocycles. The molecule has 0 heterocycles. The van der Waals surface area contributed by atoms with Crippen LogP contribution in [0.4, 0.5) is 105 Å². The van der Waals surface area contributed by atoms with Crippen LogP contribution in [-0.4, -0.2) is 65.7 Å². The van der Waals surface area contributed by atoms with Gasteiger partial charge in [0.15, 0.2) is 0 Å². The average molecular weight is 601 g/mol. The van der Waals surface area contributed by atoms with Gasteiger partial charge in [0, 0.05) is 0 Å². The molecular formula is C12HF24. The minimum atomic E-state index is -9.42. The van der Waals surface area contributed by atoms with Crippen molar-refractivity contribution in [2.45, 2.75) is 65.7 Å². The summed E-state index contributed by atoms with van der Waals surface area (Å²) >= 11 is 0. The highest BCUT2D eigenvalue weighted by atomic mass is 19.4. The van der Waals surface area contributed by atoms with Crippen LogP contribution in [0.15, 0.2) is 0 Å². The van der Waals surface area contributed by atoms with E-state index in [1.807, 2.05) is 0 Å². The molecule has 0 nitrogen and oxygen atoms in total. The van der Waals surface area contributed by atoms with Gasteiger partial charge in [-0.3, -0.25) is 0 Å². The van der Waals surface area contributed by atoms with E-state index in [2.05, 4.69) is 0 Å². The molecule has 0 saturated carbocycles. The summed E-state index contributed by atoms with van der Waals surface area (Å²) < 4.78 is 308. The lowest BCUT2D eigenvalue weighted by atomic mass is 9.85. The molecule has 0 aliphatic heterocycles. The standard InChI is InChI=1S/C12HF24/c13-1(14)3(17,18)5(21,22)7(25,26)9(29,30)11(33,34)12(35,36)10(31,32)8(27,28)6(23,24)4(19,20)2(15)16/h1H. The molecule has 217 valence electrons. The van der Waals surface area contributed by atoms with E-state index in [1.54, 1.807) is 0 Å². The molecule has 24 heteroatoms. The highest BCUT2D eigenvalue weighted by molar-refractivity contribution is 5.19. The zero-order valence-corrected chi connectivity index (χ0v) is 15.1. The normalized spacial score (nSPS) is 16.8. The molecule has 0 aromatic rings. The van der Waals surface area contributed by atoms with Crippen LogP contribution in [0, 0.1) is 6.43 Å². The van der Waals surface area contributed by atoms with Crippen molar-refractivity contribution in [3.05, 3.63) is 6.43 Å². The van der Waals surface area contributed by atoms with Crippen molar-refractivity contribution in [3.63, 3.8) is 0 Å². The van der Waals surface area contributed by atoms with Crippen LogP contribution in [0.25, 0.3) is 0 Å². The molecule has 0 amide bonds. The summed E-state index contributed by atoms with van der Waals surface area (Å²) in [6, 6.07) is 0. The molecule has 0 unspecified atom stereocenters. The highest BCUT2D eigenvalue weighted by Crippen LogP contribution is 2.66. The molecule has 0 aliphatic rings. The Bertz CT molecular complexity index is 721. The molecular weight excluding hydrogens is 600 g/mol. The zero-order valence-electron chi connectivity index (χ0n) is 15.1. The van der Waals surface area contributed by atoms with Crippen LogP contribution in [0.5, 0.6) is 0 Å². The monoisotopic (exact) mass is 601 g/mol. The fourth-order valence-electron chi connectivity index (χ4n) is 1.85. The van der Waals surface area contributed by atoms with Gasteiger partial charge in [-0.2, -0.15) is 96.6 Å². The number of alkyl halides is 22. The largest absolute Gasteiger partial charge is 0.385 e. The van der Waals surface area contributed by atoms with Gasteiger partial charge in [0.2, 0.25) is 0 Å². The number of hydrogen-bond acceptors (Lipinski definition) is 0. The Kier molecular flexibility index (Phi) is 8.02. The van der Waals surface area contributed by atoms with E-state index in [4.69, 9.17) is 0 Å². The quantitative estimate of drug-likeness (QED) is 0.211. The summed E-state index contributed by atoms with van der Waals surface area (Å²) in [6.45, 7) is 0. The summed E-state index contributed by atoms with van der Waals surface area (Å²) in [6.07, 6.45) is -11.6. The Morgan fingerprint density at radius 1 is 0.333 bits per heavy atom. The van der Waals surface area contributed by atoms with E-state index in [9.17, 15) is 105 Å². The Labute approximate surface area is 179 Å². The number of hydrogen-bond donors (Lipinski definition) is 0. The molecule has 0 atom stereocenters. The van der Waals surface area contributed by atoms with Crippen LogP contribution in [-0.2, 0) is 0 Å². The van der Waals surface area contributed by atoms with Gasteiger partial charge >= 0.3 is 72.1 Å². The third kappa shape index (κ3) is 3.80. The predicted octanol–water partition coefficient (Wildman–Crippen LogP) is 8.03. The molecule has 1 radical (unpaired) electrons. The van der Waals surface area contributed by atoms with Crippen LogP contribution >= 0.6 is 0 Å². The SMILES string of the molecule is F[C](F)C(F)(F)C(F)(F)C(F)(F)C(F)(F)C(F)(F)C(F)(F)C(F)(F)C(F)(F)C(F)(F)C(F)(F)C(F)F. The second-order valence-electron chi connectivity index (χ2n) is 6.35. The first-order chi connectivity index (χ1) is 15.1. The van der Waals surface area contributed by atoms with Crippen molar-refractivity contribution in [1.82, 2.24) is 0 Å². The lowest BCUT2D eigenvalue weighted by molar-refractivity contribution is -0.471. The molecule has 0 bridgehead atoms. The van der Waals surface area contributed by atoms with Crippen molar-refractivity contribution >= 4 is 0 Å². The topological polar surface area (TPSA) is 0 Å². The van der Waals surface area contributed by atoms with E-state index in [1.165, 1.54) is 0 Å². The Morgan fingerprint density at radius 2 is 0.528 bits per heavy atom. The minimum absolute atomic E-state index is 5.33. The van der Waals surface area contributed by atoms with Gasteiger partial charge in [-0.05, 0) is 0 Å². The molecule has 0 aromatic heterocycles. The van der Waals surface area contributed by atoms with E-state index < -0.39 is 72.1 Å². The van der Waals surface area contributed by atoms with Crippen LogP contribution < -0.4 is 0 Å². The molecule has 0 rings (SSSR count). The fourth-order valence-corrected chi connectivity index (χ4v) is 1.85. The van der Waals surface area contributed by atoms with Crippen molar-refractivity contribution in [2.24, 2.45) is 0 Å². The first-order valence-electron chi connectivity index (χ1n) is 7.38. The van der Waals surface area contributed by atoms with E-state index in [-0.39, 0.29) is 0 Å². The van der Waals surface area contributed by atoms with Gasteiger partial charge in [0.1, 0.15) is 0 Å². The summed E-state index contributed by atoms with van der Waals surface area (Å²) in [5.41, 5.74) is 0. The van der Waals surface area contributed by atoms with Crippen molar-refractivity contribution < 1.29 is 105 Å². The summed E-state index contributed by atoms with van der Waals surface area (Å²) in [5, 5.41) is 0. The predicted molar refractivity (Wildman–Crippen MR) is 60.9 cm³/mol. The maximum absolute atomic E-state index is 13.3. The third-order valence-corrected chi connectivity index (χ3v) is 4.08. The maximum atomic E-state index is 13.3. The smallest absolute Gasteiger partial charge is 0.203 e. The van der Waals surface area contributed by atoms with Gasteiger partial charge in [0.25, 0.3) is 0 Å². The Balaban J connectivity index is 7.16. The zero-order chi connectivity index (χ0) is 30.2. The molecule has 36 heavy (non-hydrogen) atoms. The van der Waals surface area contributed by atoms with Crippen molar-refractivity contribution in [1.29, 1.82) is 0 Å². The summed E-state index contributed by atoms with van der Waals surface area (Å²) in [7, 11) is 0. The number of rotatable bonds is 11. The average Bonchev–Trinajstić information content (AvgIpc) is 2.65. The number of halogens is 24. The van der Waals surface area contributed by atoms with Gasteiger partial charge in [-0.1, -0.05) is 0 Å². The van der Waals surface area contributed by atoms with E-state index in [0.717, 1.165) is 0 Å². The van der Waals surface area contributed by atoms with Gasteiger partial charge < -0.3 is 0 Å². The van der Waals surface area contributed by atoms with E-state index >= 15 is 0 Å². The Hall–Kier alpha value is -1.68. The highest BCUT2D eigenvalue weighted by Gasteiger charge is 2.98. The molecule has 0 aliphatic carbocycles. The van der Waals surface area contributed by atoms with Crippen molar-refractivity contribution in [2.75, 3.05) is 0 Å². The maximum Gasteiger partial charge on any atom is 0.385 e. The lowest BCUT2D eigenvalue weighted by Crippen LogP contribution is -2.77. The second kappa shape index (κ2) is 8.41. The van der Waals surface area contributed by atoms with Gasteiger partial charge in [0.05, 0.1) is 0 Å². The summed E-state index contributed by atoms with van der Waals surface area (Å²) in [5.74, 6) is -88.8. The molecule has 0 N–H and O–H groups in total. The molecule has 0 fully saturated rings. The van der Waals surface area contributed by atoms with Crippen LogP contribution in [0.3, 0.4) is 0 Å². The van der Waals surface area contributed by atoms with E-state index in [0.29, 0.717) is 0 Å². The van der Waals surface area contributed by atoms with Gasteiger partial charge in [-0.15, -0.1) is 0 Å². The van der Waals surface area contributed by atoms with Gasteiger partial charge in [-0.25, -0.2) is 8.78 Å². The summed E-state index contributed by atoms with van der Waals surface area (Å²) in [4.78, 5) is 0. The van der Waals surface area contributed by atoms with Crippen molar-refractivity contribution in [3.8, 4) is 0 Å². The second-order valence-corrected chi connectivity index (χ2v) is 6.35. The minimum Gasteiger partial charge on any atom is -0.203 e.